The summed E-state index contributed by atoms with van der Waals surface area (Å²) in [5.41, 5.74) is 2.49. The molecule has 0 aromatic heterocycles. The molecule has 2 aromatic rings. The second-order valence-corrected chi connectivity index (χ2v) is 6.58. The molecule has 122 valence electrons. The fourth-order valence-corrected chi connectivity index (χ4v) is 3.99. The lowest BCUT2D eigenvalue weighted by molar-refractivity contribution is -0.384. The van der Waals surface area contributed by atoms with Gasteiger partial charge in [0.25, 0.3) is 5.69 Å². The number of nitrogens with zero attached hydrogens (tertiary/aromatic N) is 1. The smallest absolute Gasteiger partial charge is 0.269 e. The Morgan fingerprint density at radius 2 is 2.04 bits per heavy atom. The largest absolute Gasteiger partial charge is 0.378 e. The van der Waals surface area contributed by atoms with E-state index >= 15 is 0 Å². The van der Waals surface area contributed by atoms with Gasteiger partial charge in [0.15, 0.2) is 0 Å². The zero-order valence-corrected chi connectivity index (χ0v) is 13.3. The predicted molar refractivity (Wildman–Crippen MR) is 90.9 cm³/mol. The van der Waals surface area contributed by atoms with E-state index in [2.05, 4.69) is 17.5 Å². The highest BCUT2D eigenvalue weighted by molar-refractivity contribution is 6.31. The molecule has 6 heteroatoms. The Hall–Kier alpha value is -2.40. The number of benzene rings is 2. The van der Waals surface area contributed by atoms with Gasteiger partial charge < -0.3 is 5.32 Å². The molecule has 0 amide bonds. The molecular weight excluding hydrogens is 331 g/mol. The van der Waals surface area contributed by atoms with E-state index in [1.165, 1.54) is 18.2 Å². The molecule has 2 aromatic carbocycles. The molecule has 0 spiro atoms. The molecule has 3 atom stereocenters. The third-order valence-electron chi connectivity index (χ3n) is 4.85. The van der Waals surface area contributed by atoms with Crippen LogP contribution in [0.1, 0.15) is 29.5 Å². The summed E-state index contributed by atoms with van der Waals surface area (Å²) in [7, 11) is 0. The Labute approximate surface area is 143 Å². The molecule has 0 unspecified atom stereocenters. The van der Waals surface area contributed by atoms with Crippen LogP contribution in [0.4, 0.5) is 15.8 Å². The summed E-state index contributed by atoms with van der Waals surface area (Å²) in [5, 5.41) is 15.0. The van der Waals surface area contributed by atoms with E-state index in [0.717, 1.165) is 17.7 Å². The number of fused-ring (bicyclic) bond motifs is 3. The van der Waals surface area contributed by atoms with Crippen LogP contribution in [0.2, 0.25) is 5.02 Å². The third-order valence-corrected chi connectivity index (χ3v) is 5.19. The summed E-state index contributed by atoms with van der Waals surface area (Å²) >= 11 is 6.33. The second-order valence-electron chi connectivity index (χ2n) is 6.17. The number of halogens is 2. The van der Waals surface area contributed by atoms with Gasteiger partial charge >= 0.3 is 0 Å². The van der Waals surface area contributed by atoms with Crippen LogP contribution in [-0.4, -0.2) is 4.92 Å². The van der Waals surface area contributed by atoms with Gasteiger partial charge in [0.1, 0.15) is 5.82 Å². The molecule has 4 rings (SSSR count). The summed E-state index contributed by atoms with van der Waals surface area (Å²) in [6.07, 6.45) is 4.98. The zero-order chi connectivity index (χ0) is 16.8. The number of anilines is 1. The molecule has 4 nitrogen and oxygen atoms in total. The summed E-state index contributed by atoms with van der Waals surface area (Å²) < 4.78 is 13.6. The predicted octanol–water partition coefficient (Wildman–Crippen LogP) is 5.21. The summed E-state index contributed by atoms with van der Waals surface area (Å²) in [6.45, 7) is 0. The van der Waals surface area contributed by atoms with Crippen molar-refractivity contribution in [1.82, 2.24) is 0 Å². The Kier molecular flexibility index (Phi) is 3.53. The van der Waals surface area contributed by atoms with Crippen molar-refractivity contribution in [1.29, 1.82) is 0 Å². The molecule has 0 saturated heterocycles. The van der Waals surface area contributed by atoms with Crippen LogP contribution in [0.15, 0.2) is 48.6 Å². The molecule has 1 aliphatic carbocycles. The SMILES string of the molecule is O=[N+]([O-])c1ccc(Cl)c([C@@H]2Nc3ccc(F)cc3[C@H]3C=CC[C@H]32)c1. The average Bonchev–Trinajstić information content (AvgIpc) is 3.04. The lowest BCUT2D eigenvalue weighted by Gasteiger charge is -2.37. The second kappa shape index (κ2) is 5.60. The maximum Gasteiger partial charge on any atom is 0.269 e. The average molecular weight is 345 g/mol. The molecule has 0 fully saturated rings. The van der Waals surface area contributed by atoms with Gasteiger partial charge in [-0.1, -0.05) is 23.8 Å². The highest BCUT2D eigenvalue weighted by Gasteiger charge is 2.39. The minimum atomic E-state index is -0.420. The number of nitro groups is 1. The van der Waals surface area contributed by atoms with Gasteiger partial charge in [-0.2, -0.15) is 0 Å². The Morgan fingerprint density at radius 3 is 2.83 bits per heavy atom. The number of hydrogen-bond donors (Lipinski definition) is 1. The van der Waals surface area contributed by atoms with Gasteiger partial charge in [-0.15, -0.1) is 0 Å². The van der Waals surface area contributed by atoms with Crippen molar-refractivity contribution in [3.63, 3.8) is 0 Å². The van der Waals surface area contributed by atoms with E-state index in [0.29, 0.717) is 10.6 Å². The van der Waals surface area contributed by atoms with Crippen molar-refractivity contribution in [2.24, 2.45) is 5.92 Å². The number of allylic oxidation sites excluding steroid dienone is 2. The molecule has 1 aliphatic heterocycles. The first-order chi connectivity index (χ1) is 11.5. The highest BCUT2D eigenvalue weighted by Crippen LogP contribution is 2.51. The summed E-state index contributed by atoms with van der Waals surface area (Å²) in [6, 6.07) is 9.03. The molecule has 1 N–H and O–H groups in total. The fourth-order valence-electron chi connectivity index (χ4n) is 3.76. The van der Waals surface area contributed by atoms with Crippen LogP contribution in [-0.2, 0) is 0 Å². The fraction of sp³-hybridized carbons (Fsp3) is 0.222. The normalized spacial score (nSPS) is 24.2. The third kappa shape index (κ3) is 2.36. The lowest BCUT2D eigenvalue weighted by Crippen LogP contribution is -2.29. The van der Waals surface area contributed by atoms with Gasteiger partial charge in [-0.3, -0.25) is 10.1 Å². The van der Waals surface area contributed by atoms with Crippen LogP contribution in [0.5, 0.6) is 0 Å². The maximum absolute atomic E-state index is 13.6. The topological polar surface area (TPSA) is 55.2 Å². The van der Waals surface area contributed by atoms with Crippen LogP contribution in [0, 0.1) is 21.8 Å². The van der Waals surface area contributed by atoms with Gasteiger partial charge in [0.05, 0.1) is 11.0 Å². The minimum absolute atomic E-state index is 0.0172. The highest BCUT2D eigenvalue weighted by atomic mass is 35.5. The van der Waals surface area contributed by atoms with Crippen molar-refractivity contribution in [3.8, 4) is 0 Å². The van der Waals surface area contributed by atoms with Crippen LogP contribution < -0.4 is 5.32 Å². The molecule has 0 saturated carbocycles. The number of non-ortho nitro benzene ring substituents is 1. The molecule has 0 radical (unpaired) electrons. The van der Waals surface area contributed by atoms with Crippen molar-refractivity contribution < 1.29 is 9.31 Å². The number of rotatable bonds is 2. The molecule has 24 heavy (non-hydrogen) atoms. The van der Waals surface area contributed by atoms with E-state index in [1.807, 2.05) is 0 Å². The van der Waals surface area contributed by atoms with E-state index in [1.54, 1.807) is 18.2 Å². The molecule has 0 bridgehead atoms. The Balaban J connectivity index is 1.81. The van der Waals surface area contributed by atoms with E-state index < -0.39 is 4.92 Å². The van der Waals surface area contributed by atoms with Gasteiger partial charge in [-0.05, 0) is 42.2 Å². The molecular formula is C18H14ClFN2O2. The lowest BCUT2D eigenvalue weighted by atomic mass is 9.77. The summed E-state index contributed by atoms with van der Waals surface area (Å²) in [4.78, 5) is 10.7. The zero-order valence-electron chi connectivity index (χ0n) is 12.6. The van der Waals surface area contributed by atoms with Crippen LogP contribution >= 0.6 is 11.6 Å². The Morgan fingerprint density at radius 1 is 1.21 bits per heavy atom. The molecule has 1 heterocycles. The number of hydrogen-bond acceptors (Lipinski definition) is 3. The first-order valence-corrected chi connectivity index (χ1v) is 8.09. The van der Waals surface area contributed by atoms with Crippen molar-refractivity contribution in [2.45, 2.75) is 18.4 Å². The quantitative estimate of drug-likeness (QED) is 0.462. The standard InChI is InChI=1S/C18H14ClFN2O2/c19-16-6-5-11(22(23)24)9-15(16)18-13-3-1-2-12(13)14-8-10(20)4-7-17(14)21-18/h1-2,4-9,12-13,18,21H,3H2/t12-,13+,18+/m0/s1. The van der Waals surface area contributed by atoms with Gasteiger partial charge in [-0.25, -0.2) is 4.39 Å². The van der Waals surface area contributed by atoms with Crippen molar-refractivity contribution in [2.75, 3.05) is 5.32 Å². The van der Waals surface area contributed by atoms with Crippen molar-refractivity contribution >= 4 is 23.0 Å². The first-order valence-electron chi connectivity index (χ1n) is 7.71. The van der Waals surface area contributed by atoms with Gasteiger partial charge in [0.2, 0.25) is 0 Å². The van der Waals surface area contributed by atoms with Crippen molar-refractivity contribution in [3.05, 3.63) is 80.6 Å². The van der Waals surface area contributed by atoms with E-state index in [-0.39, 0.29) is 29.4 Å². The maximum atomic E-state index is 13.6. The van der Waals surface area contributed by atoms with Gasteiger partial charge in [0, 0.05) is 34.3 Å². The summed E-state index contributed by atoms with van der Waals surface area (Å²) in [5.74, 6) is -0.0301. The number of nitrogens with one attached hydrogen (secondary N) is 1. The van der Waals surface area contributed by atoms with E-state index in [9.17, 15) is 14.5 Å². The monoisotopic (exact) mass is 344 g/mol. The van der Waals surface area contributed by atoms with E-state index in [4.69, 9.17) is 11.6 Å². The first kappa shape index (κ1) is 15.1. The Bertz CT molecular complexity index is 868. The minimum Gasteiger partial charge on any atom is -0.378 e. The van der Waals surface area contributed by atoms with Crippen LogP contribution in [0.3, 0.4) is 0 Å². The molecule has 2 aliphatic rings. The number of nitro benzene ring substituents is 1. The van der Waals surface area contributed by atoms with Crippen LogP contribution in [0.25, 0.3) is 0 Å².